The second kappa shape index (κ2) is 9.77. The number of nitrogens with two attached hydrogens (primary N) is 1. The Morgan fingerprint density at radius 3 is 2.61 bits per heavy atom. The second-order valence-corrected chi connectivity index (χ2v) is 5.99. The lowest BCUT2D eigenvalue weighted by molar-refractivity contribution is 0.512. The Labute approximate surface area is 159 Å². The fraction of sp³-hybridized carbons (Fsp3) is 0.375. The van der Waals surface area contributed by atoms with E-state index in [0.29, 0.717) is 30.0 Å². The third-order valence-electron chi connectivity index (χ3n) is 3.20. The summed E-state index contributed by atoms with van der Waals surface area (Å²) in [5, 5.41) is 8.22. The maximum Gasteiger partial charge on any atom is 0.188 e. The summed E-state index contributed by atoms with van der Waals surface area (Å²) in [4.78, 5) is 4.32. The Kier molecular flexibility index (Phi) is 8.40. The monoisotopic (exact) mass is 447 g/mol. The van der Waals surface area contributed by atoms with Crippen molar-refractivity contribution in [1.29, 1.82) is 0 Å². The summed E-state index contributed by atoms with van der Waals surface area (Å²) in [7, 11) is 0. The van der Waals surface area contributed by atoms with Gasteiger partial charge in [0.15, 0.2) is 5.96 Å². The summed E-state index contributed by atoms with van der Waals surface area (Å²) >= 11 is 5.96. The smallest absolute Gasteiger partial charge is 0.188 e. The molecular formula is C16H23ClIN5. The molecule has 0 fully saturated rings. The van der Waals surface area contributed by atoms with E-state index < -0.39 is 0 Å². The fourth-order valence-electron chi connectivity index (χ4n) is 2.05. The summed E-state index contributed by atoms with van der Waals surface area (Å²) in [5.41, 5.74) is 7.02. The minimum Gasteiger partial charge on any atom is -0.370 e. The van der Waals surface area contributed by atoms with Gasteiger partial charge in [0.2, 0.25) is 0 Å². The number of hydrogen-bond donors (Lipinski definition) is 2. The van der Waals surface area contributed by atoms with Gasteiger partial charge >= 0.3 is 0 Å². The van der Waals surface area contributed by atoms with Gasteiger partial charge in [-0.3, -0.25) is 9.67 Å². The van der Waals surface area contributed by atoms with Crippen molar-refractivity contribution < 1.29 is 0 Å². The molecule has 126 valence electrons. The first-order valence-electron chi connectivity index (χ1n) is 7.34. The zero-order chi connectivity index (χ0) is 15.9. The first-order chi connectivity index (χ1) is 10.6. The molecule has 0 aliphatic rings. The van der Waals surface area contributed by atoms with E-state index in [0.717, 1.165) is 5.56 Å². The molecule has 0 aliphatic heterocycles. The topological polar surface area (TPSA) is 68.2 Å². The molecule has 0 radical (unpaired) electrons. The van der Waals surface area contributed by atoms with Crippen molar-refractivity contribution in [1.82, 2.24) is 15.1 Å². The van der Waals surface area contributed by atoms with Crippen molar-refractivity contribution in [2.24, 2.45) is 16.6 Å². The minimum absolute atomic E-state index is 0. The minimum atomic E-state index is 0. The van der Waals surface area contributed by atoms with Crippen LogP contribution >= 0.6 is 35.6 Å². The van der Waals surface area contributed by atoms with Crippen molar-refractivity contribution in [2.75, 3.05) is 13.1 Å². The summed E-state index contributed by atoms with van der Waals surface area (Å²) in [5.74, 6) is 0.943. The Morgan fingerprint density at radius 2 is 2.04 bits per heavy atom. The van der Waals surface area contributed by atoms with Crippen molar-refractivity contribution in [3.63, 3.8) is 0 Å². The molecule has 5 nitrogen and oxygen atoms in total. The van der Waals surface area contributed by atoms with Crippen LogP contribution in [0.3, 0.4) is 0 Å². The molecule has 0 aliphatic carbocycles. The molecule has 2 rings (SSSR count). The van der Waals surface area contributed by atoms with Crippen molar-refractivity contribution in [3.05, 3.63) is 53.3 Å². The number of halogens is 2. The molecule has 0 amide bonds. The highest BCUT2D eigenvalue weighted by molar-refractivity contribution is 14.0. The van der Waals surface area contributed by atoms with Gasteiger partial charge in [-0.15, -0.1) is 24.0 Å². The number of guanidine groups is 1. The van der Waals surface area contributed by atoms with Gasteiger partial charge in [0, 0.05) is 30.5 Å². The second-order valence-electron chi connectivity index (χ2n) is 5.55. The van der Waals surface area contributed by atoms with Gasteiger partial charge in [0.25, 0.3) is 0 Å². The maximum absolute atomic E-state index is 5.96. The first kappa shape index (κ1) is 19.8. The molecule has 7 heteroatoms. The highest BCUT2D eigenvalue weighted by atomic mass is 127. The average molecular weight is 448 g/mol. The summed E-state index contributed by atoms with van der Waals surface area (Å²) in [6.07, 6.45) is 3.70. The molecule has 1 aromatic heterocycles. The number of nitrogens with one attached hydrogen (secondary N) is 1. The highest BCUT2D eigenvalue weighted by Gasteiger charge is 2.14. The number of nitrogens with zero attached hydrogens (tertiary/aromatic N) is 3. The van der Waals surface area contributed by atoms with E-state index in [9.17, 15) is 0 Å². The number of aromatic nitrogens is 2. The largest absolute Gasteiger partial charge is 0.370 e. The van der Waals surface area contributed by atoms with Crippen molar-refractivity contribution >= 4 is 41.5 Å². The summed E-state index contributed by atoms with van der Waals surface area (Å²) < 4.78 is 1.89. The molecule has 1 unspecified atom stereocenters. The molecular weight excluding hydrogens is 425 g/mol. The zero-order valence-corrected chi connectivity index (χ0v) is 16.4. The van der Waals surface area contributed by atoms with Gasteiger partial charge in [-0.25, -0.2) is 0 Å². The zero-order valence-electron chi connectivity index (χ0n) is 13.3. The standard InChI is InChI=1S/C16H22ClN5.HI/c1-12(2)10-19-16(18)20-11-15(22-9-3-8-21-22)13-4-6-14(17)7-5-13;/h3-9,12,15H,10-11H2,1-2H3,(H3,18,19,20);1H. The quantitative estimate of drug-likeness (QED) is 0.406. The van der Waals surface area contributed by atoms with Crippen LogP contribution in [0.4, 0.5) is 0 Å². The third kappa shape index (κ3) is 6.39. The maximum atomic E-state index is 5.96. The number of hydrogen-bond acceptors (Lipinski definition) is 2. The van der Waals surface area contributed by atoms with Gasteiger partial charge in [-0.1, -0.05) is 37.6 Å². The van der Waals surface area contributed by atoms with Crippen molar-refractivity contribution in [2.45, 2.75) is 19.9 Å². The third-order valence-corrected chi connectivity index (χ3v) is 3.45. The van der Waals surface area contributed by atoms with Crippen LogP contribution in [0.1, 0.15) is 25.5 Å². The predicted octanol–water partition coefficient (Wildman–Crippen LogP) is 3.30. The van der Waals surface area contributed by atoms with Crippen LogP contribution in [0.15, 0.2) is 47.7 Å². The Hall–Kier alpha value is -1.28. The molecule has 1 atom stereocenters. The van der Waals surface area contributed by atoms with Crippen LogP contribution in [-0.2, 0) is 0 Å². The van der Waals surface area contributed by atoms with Crippen molar-refractivity contribution in [3.8, 4) is 0 Å². The molecule has 1 heterocycles. The number of aliphatic imine (C=N–C) groups is 1. The number of benzene rings is 1. The molecule has 0 bridgehead atoms. The molecule has 2 aromatic rings. The van der Waals surface area contributed by atoms with Gasteiger partial charge < -0.3 is 11.1 Å². The first-order valence-corrected chi connectivity index (χ1v) is 7.72. The Bertz CT molecular complexity index is 595. The van der Waals surface area contributed by atoms with E-state index in [-0.39, 0.29) is 30.0 Å². The van der Waals surface area contributed by atoms with E-state index in [2.05, 4.69) is 29.3 Å². The van der Waals surface area contributed by atoms with Gasteiger partial charge in [0.05, 0.1) is 6.04 Å². The lowest BCUT2D eigenvalue weighted by atomic mass is 10.1. The van der Waals surface area contributed by atoms with E-state index >= 15 is 0 Å². The Morgan fingerprint density at radius 1 is 1.35 bits per heavy atom. The SMILES string of the molecule is CC(C)CN=C(N)NCC(c1ccc(Cl)cc1)n1cccn1.I. The lowest BCUT2D eigenvalue weighted by Crippen LogP contribution is -2.37. The summed E-state index contributed by atoms with van der Waals surface area (Å²) in [6, 6.07) is 9.68. The van der Waals surface area contributed by atoms with Crippen LogP contribution in [-0.4, -0.2) is 28.8 Å². The van der Waals surface area contributed by atoms with E-state index in [4.69, 9.17) is 17.3 Å². The summed E-state index contributed by atoms with van der Waals surface area (Å²) in [6.45, 7) is 5.54. The van der Waals surface area contributed by atoms with Gasteiger partial charge in [0.1, 0.15) is 0 Å². The Balaban J connectivity index is 0.00000264. The highest BCUT2D eigenvalue weighted by Crippen LogP contribution is 2.19. The van der Waals surface area contributed by atoms with E-state index in [1.54, 1.807) is 6.20 Å². The normalized spacial score (nSPS) is 12.8. The van der Waals surface area contributed by atoms with Crippen LogP contribution in [0.5, 0.6) is 0 Å². The molecule has 0 spiro atoms. The van der Waals surface area contributed by atoms with Gasteiger partial charge in [-0.2, -0.15) is 5.10 Å². The molecule has 23 heavy (non-hydrogen) atoms. The molecule has 0 saturated carbocycles. The van der Waals surface area contributed by atoms with E-state index in [1.165, 1.54) is 0 Å². The molecule has 3 N–H and O–H groups in total. The van der Waals surface area contributed by atoms with Crippen LogP contribution in [0, 0.1) is 5.92 Å². The molecule has 1 aromatic carbocycles. The van der Waals surface area contributed by atoms with Crippen LogP contribution in [0.25, 0.3) is 0 Å². The van der Waals surface area contributed by atoms with Crippen LogP contribution < -0.4 is 11.1 Å². The van der Waals surface area contributed by atoms with Gasteiger partial charge in [-0.05, 0) is 29.7 Å². The lowest BCUT2D eigenvalue weighted by Gasteiger charge is -2.19. The average Bonchev–Trinajstić information content (AvgIpc) is 3.01. The van der Waals surface area contributed by atoms with Crippen LogP contribution in [0.2, 0.25) is 5.02 Å². The fourth-order valence-corrected chi connectivity index (χ4v) is 2.18. The number of rotatable bonds is 6. The predicted molar refractivity (Wildman–Crippen MR) is 107 cm³/mol. The molecule has 0 saturated heterocycles. The van der Waals surface area contributed by atoms with E-state index in [1.807, 2.05) is 41.2 Å².